The van der Waals surface area contributed by atoms with Crippen molar-refractivity contribution in [1.29, 1.82) is 0 Å². The monoisotopic (exact) mass is 305 g/mol. The number of aryl methyl sites for hydroxylation is 1. The van der Waals surface area contributed by atoms with Gasteiger partial charge in [-0.2, -0.15) is 0 Å². The van der Waals surface area contributed by atoms with Crippen molar-refractivity contribution < 1.29 is 9.32 Å². The molecule has 0 bridgehead atoms. The molecule has 0 radical (unpaired) electrons. The standard InChI is InChI=1S/C15H16ClN3O2/c1-11-14(10-21-17-11)15(20)19-7-5-18(6-8-19)13-4-2-3-12(16)9-13/h2-4,9-10H,5-8H2,1H3. The number of benzene rings is 1. The Hall–Kier alpha value is -2.01. The predicted octanol–water partition coefficient (Wildman–Crippen LogP) is 2.60. The van der Waals surface area contributed by atoms with Gasteiger partial charge < -0.3 is 14.3 Å². The maximum atomic E-state index is 12.4. The van der Waals surface area contributed by atoms with E-state index in [1.165, 1.54) is 6.26 Å². The highest BCUT2D eigenvalue weighted by Gasteiger charge is 2.24. The molecule has 21 heavy (non-hydrogen) atoms. The Bertz CT molecular complexity index is 648. The van der Waals surface area contributed by atoms with Crippen molar-refractivity contribution in [3.05, 3.63) is 46.8 Å². The fraction of sp³-hybridized carbons (Fsp3) is 0.333. The molecule has 0 spiro atoms. The van der Waals surface area contributed by atoms with Crippen LogP contribution in [0.3, 0.4) is 0 Å². The lowest BCUT2D eigenvalue weighted by Gasteiger charge is -2.36. The molecule has 0 N–H and O–H groups in total. The van der Waals surface area contributed by atoms with Gasteiger partial charge in [0.1, 0.15) is 11.8 Å². The van der Waals surface area contributed by atoms with Crippen LogP contribution in [0.2, 0.25) is 5.02 Å². The summed E-state index contributed by atoms with van der Waals surface area (Å²) in [4.78, 5) is 16.4. The average Bonchev–Trinajstić information content (AvgIpc) is 2.93. The van der Waals surface area contributed by atoms with Crippen molar-refractivity contribution in [2.24, 2.45) is 0 Å². The first-order valence-corrected chi connectivity index (χ1v) is 7.24. The summed E-state index contributed by atoms with van der Waals surface area (Å²) in [6.45, 7) is 4.71. The lowest BCUT2D eigenvalue weighted by molar-refractivity contribution is 0.0745. The minimum Gasteiger partial charge on any atom is -0.368 e. The van der Waals surface area contributed by atoms with E-state index in [0.717, 1.165) is 23.8 Å². The summed E-state index contributed by atoms with van der Waals surface area (Å²) in [5, 5.41) is 4.49. The smallest absolute Gasteiger partial charge is 0.259 e. The summed E-state index contributed by atoms with van der Waals surface area (Å²) in [6.07, 6.45) is 1.42. The molecule has 0 saturated carbocycles. The number of hydrogen-bond acceptors (Lipinski definition) is 4. The van der Waals surface area contributed by atoms with Crippen LogP contribution < -0.4 is 4.90 Å². The molecule has 0 aliphatic carbocycles. The van der Waals surface area contributed by atoms with E-state index in [1.807, 2.05) is 29.2 Å². The largest absolute Gasteiger partial charge is 0.368 e. The van der Waals surface area contributed by atoms with Gasteiger partial charge in [-0.3, -0.25) is 4.79 Å². The van der Waals surface area contributed by atoms with Gasteiger partial charge in [0.15, 0.2) is 0 Å². The van der Waals surface area contributed by atoms with E-state index in [2.05, 4.69) is 10.1 Å². The van der Waals surface area contributed by atoms with Crippen LogP contribution in [-0.2, 0) is 0 Å². The van der Waals surface area contributed by atoms with Gasteiger partial charge in [0.2, 0.25) is 0 Å². The molecule has 1 fully saturated rings. The molecule has 5 nitrogen and oxygen atoms in total. The second-order valence-electron chi connectivity index (χ2n) is 5.07. The van der Waals surface area contributed by atoms with E-state index < -0.39 is 0 Å². The average molecular weight is 306 g/mol. The third-order valence-electron chi connectivity index (χ3n) is 3.72. The molecule has 1 saturated heterocycles. The normalized spacial score (nSPS) is 15.3. The van der Waals surface area contributed by atoms with Gasteiger partial charge >= 0.3 is 0 Å². The fourth-order valence-electron chi connectivity index (χ4n) is 2.51. The summed E-state index contributed by atoms with van der Waals surface area (Å²) in [5.41, 5.74) is 2.28. The summed E-state index contributed by atoms with van der Waals surface area (Å²) in [5.74, 6) is -0.0144. The molecule has 1 aliphatic heterocycles. The van der Waals surface area contributed by atoms with E-state index in [4.69, 9.17) is 16.1 Å². The Morgan fingerprint density at radius 1 is 1.29 bits per heavy atom. The molecule has 2 heterocycles. The number of nitrogens with zero attached hydrogens (tertiary/aromatic N) is 3. The summed E-state index contributed by atoms with van der Waals surface area (Å²) >= 11 is 6.02. The number of piperazine rings is 1. The minimum atomic E-state index is -0.0144. The van der Waals surface area contributed by atoms with Crippen LogP contribution in [0.25, 0.3) is 0 Å². The van der Waals surface area contributed by atoms with Crippen LogP contribution in [0.1, 0.15) is 16.1 Å². The molecule has 1 amide bonds. The van der Waals surface area contributed by atoms with Crippen LogP contribution >= 0.6 is 11.6 Å². The lowest BCUT2D eigenvalue weighted by Crippen LogP contribution is -2.48. The third-order valence-corrected chi connectivity index (χ3v) is 3.96. The van der Waals surface area contributed by atoms with Crippen molar-refractivity contribution in [3.63, 3.8) is 0 Å². The van der Waals surface area contributed by atoms with Gasteiger partial charge in [0.25, 0.3) is 5.91 Å². The second-order valence-corrected chi connectivity index (χ2v) is 5.51. The highest BCUT2D eigenvalue weighted by molar-refractivity contribution is 6.30. The molecular formula is C15H16ClN3O2. The maximum absolute atomic E-state index is 12.4. The predicted molar refractivity (Wildman–Crippen MR) is 80.8 cm³/mol. The van der Waals surface area contributed by atoms with Crippen LogP contribution in [-0.4, -0.2) is 42.1 Å². The summed E-state index contributed by atoms with van der Waals surface area (Å²) < 4.78 is 4.84. The second kappa shape index (κ2) is 5.77. The number of halogens is 1. The van der Waals surface area contributed by atoms with Crippen molar-refractivity contribution in [2.75, 3.05) is 31.1 Å². The number of anilines is 1. The molecule has 1 aromatic heterocycles. The van der Waals surface area contributed by atoms with Crippen molar-refractivity contribution in [3.8, 4) is 0 Å². The van der Waals surface area contributed by atoms with Gasteiger partial charge in [0.05, 0.1) is 5.69 Å². The zero-order chi connectivity index (χ0) is 14.8. The van der Waals surface area contributed by atoms with E-state index in [-0.39, 0.29) is 5.91 Å². The van der Waals surface area contributed by atoms with E-state index in [0.29, 0.717) is 24.3 Å². The van der Waals surface area contributed by atoms with E-state index in [9.17, 15) is 4.79 Å². The zero-order valence-corrected chi connectivity index (χ0v) is 12.5. The number of carbonyl (C=O) groups excluding carboxylic acids is 1. The summed E-state index contributed by atoms with van der Waals surface area (Å²) in [6, 6.07) is 7.78. The van der Waals surface area contributed by atoms with E-state index >= 15 is 0 Å². The van der Waals surface area contributed by atoms with Crippen LogP contribution in [0.15, 0.2) is 35.1 Å². The van der Waals surface area contributed by atoms with Crippen LogP contribution in [0, 0.1) is 6.92 Å². The van der Waals surface area contributed by atoms with Gasteiger partial charge in [-0.15, -0.1) is 0 Å². The number of carbonyl (C=O) groups is 1. The zero-order valence-electron chi connectivity index (χ0n) is 11.8. The SMILES string of the molecule is Cc1nocc1C(=O)N1CCN(c2cccc(Cl)c2)CC1. The molecule has 6 heteroatoms. The number of rotatable bonds is 2. The van der Waals surface area contributed by atoms with Gasteiger partial charge in [-0.05, 0) is 25.1 Å². The Morgan fingerprint density at radius 2 is 2.05 bits per heavy atom. The van der Waals surface area contributed by atoms with Crippen molar-refractivity contribution in [1.82, 2.24) is 10.1 Å². The first kappa shape index (κ1) is 13.9. The van der Waals surface area contributed by atoms with Crippen molar-refractivity contribution in [2.45, 2.75) is 6.92 Å². The first-order valence-electron chi connectivity index (χ1n) is 6.86. The highest BCUT2D eigenvalue weighted by atomic mass is 35.5. The Morgan fingerprint density at radius 3 is 2.67 bits per heavy atom. The topological polar surface area (TPSA) is 49.6 Å². The van der Waals surface area contributed by atoms with E-state index in [1.54, 1.807) is 6.92 Å². The molecule has 0 atom stereocenters. The molecule has 1 aromatic carbocycles. The van der Waals surface area contributed by atoms with Crippen molar-refractivity contribution >= 4 is 23.2 Å². The number of amides is 1. The molecule has 0 unspecified atom stereocenters. The maximum Gasteiger partial charge on any atom is 0.259 e. The molecular weight excluding hydrogens is 290 g/mol. The third kappa shape index (κ3) is 2.88. The fourth-order valence-corrected chi connectivity index (χ4v) is 2.69. The first-order chi connectivity index (χ1) is 10.1. The Kier molecular flexibility index (Phi) is 3.84. The molecule has 3 rings (SSSR count). The highest BCUT2D eigenvalue weighted by Crippen LogP contribution is 2.21. The van der Waals surface area contributed by atoms with Gasteiger partial charge in [-0.1, -0.05) is 22.8 Å². The summed E-state index contributed by atoms with van der Waals surface area (Å²) in [7, 11) is 0. The quantitative estimate of drug-likeness (QED) is 0.856. The Labute approximate surface area is 128 Å². The van der Waals surface area contributed by atoms with Gasteiger partial charge in [0, 0.05) is 36.9 Å². The van der Waals surface area contributed by atoms with Crippen LogP contribution in [0.4, 0.5) is 5.69 Å². The number of hydrogen-bond donors (Lipinski definition) is 0. The Balaban J connectivity index is 1.65. The lowest BCUT2D eigenvalue weighted by atomic mass is 10.2. The molecule has 110 valence electrons. The van der Waals surface area contributed by atoms with Crippen LogP contribution in [0.5, 0.6) is 0 Å². The number of aromatic nitrogens is 1. The molecule has 1 aliphatic rings. The molecule has 2 aromatic rings. The van der Waals surface area contributed by atoms with Gasteiger partial charge in [-0.25, -0.2) is 0 Å². The minimum absolute atomic E-state index is 0.0144.